The van der Waals surface area contributed by atoms with Gasteiger partial charge in [0.2, 0.25) is 0 Å². The number of fused-ring (bicyclic) bond motifs is 1. The number of aryl methyl sites for hydroxylation is 1. The largest absolute Gasteiger partial charge is 0.383 e. The molecule has 3 aromatic heterocycles. The van der Waals surface area contributed by atoms with Crippen LogP contribution in [0.4, 0.5) is 5.82 Å². The van der Waals surface area contributed by atoms with Crippen LogP contribution in [0.2, 0.25) is 5.02 Å². The number of pyridine rings is 2. The Hall–Kier alpha value is -2.11. The highest BCUT2D eigenvalue weighted by atomic mass is 35.5. The quantitative estimate of drug-likeness (QED) is 0.551. The summed E-state index contributed by atoms with van der Waals surface area (Å²) in [4.78, 5) is 11.8. The lowest BCUT2D eigenvalue weighted by atomic mass is 10.1. The average Bonchev–Trinajstić information content (AvgIpc) is 2.96. The molecule has 1 atom stereocenters. The Labute approximate surface area is 172 Å². The van der Waals surface area contributed by atoms with Crippen LogP contribution in [0.3, 0.4) is 0 Å². The average molecular weight is 401 g/mol. The summed E-state index contributed by atoms with van der Waals surface area (Å²) in [6.45, 7) is 9.13. The minimum Gasteiger partial charge on any atom is -0.383 e. The molecular formula is C22H29ClN4O. The minimum atomic E-state index is 0.203. The fraction of sp³-hybridized carbons (Fsp3) is 0.455. The molecule has 0 spiro atoms. The summed E-state index contributed by atoms with van der Waals surface area (Å²) in [7, 11) is 5.71. The van der Waals surface area contributed by atoms with Crippen LogP contribution in [0.5, 0.6) is 0 Å². The van der Waals surface area contributed by atoms with Gasteiger partial charge >= 0.3 is 0 Å². The number of hydrogen-bond acceptors (Lipinski definition) is 4. The second-order valence-corrected chi connectivity index (χ2v) is 8.27. The number of hydrogen-bond donors (Lipinski definition) is 0. The van der Waals surface area contributed by atoms with Crippen LogP contribution in [0, 0.1) is 6.92 Å². The van der Waals surface area contributed by atoms with Crippen LogP contribution in [0.25, 0.3) is 22.3 Å². The molecule has 0 amide bonds. The first-order chi connectivity index (χ1) is 13.2. The maximum atomic E-state index is 6.73. The molecule has 5 nitrogen and oxygen atoms in total. The molecule has 0 saturated heterocycles. The maximum Gasteiger partial charge on any atom is 0.137 e. The van der Waals surface area contributed by atoms with E-state index in [0.717, 1.165) is 39.4 Å². The van der Waals surface area contributed by atoms with Crippen LogP contribution in [-0.4, -0.2) is 42.3 Å². The van der Waals surface area contributed by atoms with E-state index >= 15 is 0 Å². The fourth-order valence-corrected chi connectivity index (χ4v) is 3.74. The van der Waals surface area contributed by atoms with Crippen molar-refractivity contribution in [1.29, 1.82) is 0 Å². The first kappa shape index (κ1) is 20.6. The third-order valence-corrected chi connectivity index (χ3v) is 5.28. The van der Waals surface area contributed by atoms with Crippen LogP contribution >= 0.6 is 11.6 Å². The Bertz CT molecular complexity index is 994. The zero-order chi connectivity index (χ0) is 20.6. The molecule has 150 valence electrons. The molecule has 0 aliphatic rings. The zero-order valence-electron chi connectivity index (χ0n) is 17.7. The van der Waals surface area contributed by atoms with Gasteiger partial charge < -0.3 is 14.2 Å². The van der Waals surface area contributed by atoms with Crippen LogP contribution < -0.4 is 4.90 Å². The van der Waals surface area contributed by atoms with Gasteiger partial charge in [-0.3, -0.25) is 0 Å². The Morgan fingerprint density at radius 3 is 2.50 bits per heavy atom. The van der Waals surface area contributed by atoms with Gasteiger partial charge in [0, 0.05) is 38.7 Å². The Morgan fingerprint density at radius 1 is 1.18 bits per heavy atom. The predicted molar refractivity (Wildman–Crippen MR) is 118 cm³/mol. The van der Waals surface area contributed by atoms with Crippen LogP contribution in [0.1, 0.15) is 44.0 Å². The number of ether oxygens (including phenoxy) is 1. The summed E-state index contributed by atoms with van der Waals surface area (Å²) < 4.78 is 7.51. The van der Waals surface area contributed by atoms with E-state index in [4.69, 9.17) is 26.3 Å². The Balaban J connectivity index is 2.20. The number of rotatable bonds is 6. The van der Waals surface area contributed by atoms with Crippen molar-refractivity contribution < 1.29 is 4.74 Å². The Morgan fingerprint density at radius 2 is 1.89 bits per heavy atom. The van der Waals surface area contributed by atoms with Crippen molar-refractivity contribution in [2.45, 2.75) is 39.7 Å². The molecule has 3 aromatic rings. The lowest BCUT2D eigenvalue weighted by Gasteiger charge is -2.19. The van der Waals surface area contributed by atoms with Crippen molar-refractivity contribution in [3.05, 3.63) is 40.7 Å². The van der Waals surface area contributed by atoms with Gasteiger partial charge in [0.15, 0.2) is 0 Å². The number of anilines is 1. The highest BCUT2D eigenvalue weighted by Gasteiger charge is 2.19. The van der Waals surface area contributed by atoms with E-state index in [0.29, 0.717) is 17.5 Å². The summed E-state index contributed by atoms with van der Waals surface area (Å²) in [5.74, 6) is 1.24. The third kappa shape index (κ3) is 3.74. The van der Waals surface area contributed by atoms with Gasteiger partial charge in [-0.25, -0.2) is 9.97 Å². The highest BCUT2D eigenvalue weighted by Crippen LogP contribution is 2.36. The molecule has 0 N–H and O–H groups in total. The highest BCUT2D eigenvalue weighted by molar-refractivity contribution is 6.33. The standard InChI is InChI=1S/C22H29ClN4O/c1-13(2)18-9-8-16(22(24-18)26(5)6)21-17(23)10-19-20(25-21)14(3)11-27(19)15(4)12-28-7/h8-11,13,15H,12H2,1-7H3. The lowest BCUT2D eigenvalue weighted by Crippen LogP contribution is -2.14. The van der Waals surface area contributed by atoms with Crippen molar-refractivity contribution in [2.75, 3.05) is 32.7 Å². The van der Waals surface area contributed by atoms with E-state index in [1.807, 2.05) is 25.1 Å². The van der Waals surface area contributed by atoms with Gasteiger partial charge in [0.05, 0.1) is 34.4 Å². The summed E-state index contributed by atoms with van der Waals surface area (Å²) in [6, 6.07) is 6.36. The van der Waals surface area contributed by atoms with Gasteiger partial charge in [-0.15, -0.1) is 0 Å². The normalized spacial score (nSPS) is 12.8. The molecule has 3 heterocycles. The number of methoxy groups -OCH3 is 1. The molecule has 0 fully saturated rings. The van der Waals surface area contributed by atoms with Gasteiger partial charge in [0.25, 0.3) is 0 Å². The topological polar surface area (TPSA) is 43.2 Å². The lowest BCUT2D eigenvalue weighted by molar-refractivity contribution is 0.164. The predicted octanol–water partition coefficient (Wildman–Crippen LogP) is 5.46. The monoisotopic (exact) mass is 400 g/mol. The Kier molecular flexibility index (Phi) is 5.96. The van der Waals surface area contributed by atoms with Crippen LogP contribution in [0.15, 0.2) is 24.4 Å². The summed E-state index contributed by atoms with van der Waals surface area (Å²) in [5, 5.41) is 0.624. The summed E-state index contributed by atoms with van der Waals surface area (Å²) in [6.07, 6.45) is 2.12. The second kappa shape index (κ2) is 8.10. The molecule has 28 heavy (non-hydrogen) atoms. The molecule has 0 aromatic carbocycles. The van der Waals surface area contributed by atoms with E-state index < -0.39 is 0 Å². The van der Waals surface area contributed by atoms with E-state index in [2.05, 4.69) is 50.6 Å². The van der Waals surface area contributed by atoms with Gasteiger partial charge in [-0.05, 0) is 43.5 Å². The molecule has 0 bridgehead atoms. The van der Waals surface area contributed by atoms with Crippen molar-refractivity contribution in [2.24, 2.45) is 0 Å². The molecule has 6 heteroatoms. The van der Waals surface area contributed by atoms with Crippen molar-refractivity contribution >= 4 is 28.5 Å². The van der Waals surface area contributed by atoms with E-state index in [9.17, 15) is 0 Å². The van der Waals surface area contributed by atoms with Crippen molar-refractivity contribution in [1.82, 2.24) is 14.5 Å². The number of nitrogens with zero attached hydrogens (tertiary/aromatic N) is 4. The van der Waals surface area contributed by atoms with Gasteiger partial charge in [-0.2, -0.15) is 0 Å². The summed E-state index contributed by atoms with van der Waals surface area (Å²) >= 11 is 6.73. The molecule has 0 saturated carbocycles. The van der Waals surface area contributed by atoms with Crippen molar-refractivity contribution in [3.8, 4) is 11.3 Å². The number of halogens is 1. The first-order valence-corrected chi connectivity index (χ1v) is 9.97. The summed E-state index contributed by atoms with van der Waals surface area (Å²) in [5.41, 5.74) is 5.86. The van der Waals surface area contributed by atoms with E-state index in [-0.39, 0.29) is 6.04 Å². The van der Waals surface area contributed by atoms with Crippen LogP contribution in [-0.2, 0) is 4.74 Å². The molecule has 1 unspecified atom stereocenters. The van der Waals surface area contributed by atoms with E-state index in [1.165, 1.54) is 0 Å². The van der Waals surface area contributed by atoms with E-state index in [1.54, 1.807) is 7.11 Å². The third-order valence-electron chi connectivity index (χ3n) is 4.99. The van der Waals surface area contributed by atoms with Crippen molar-refractivity contribution in [3.63, 3.8) is 0 Å². The molecule has 0 radical (unpaired) electrons. The zero-order valence-corrected chi connectivity index (χ0v) is 18.5. The SMILES string of the molecule is COCC(C)n1cc(C)c2nc(-c3ccc(C(C)C)nc3N(C)C)c(Cl)cc21. The molecular weight excluding hydrogens is 372 g/mol. The molecule has 0 aliphatic heterocycles. The number of aromatic nitrogens is 3. The second-order valence-electron chi connectivity index (χ2n) is 7.87. The van der Waals surface area contributed by atoms with Gasteiger partial charge in [-0.1, -0.05) is 25.4 Å². The van der Waals surface area contributed by atoms with Gasteiger partial charge in [0.1, 0.15) is 5.82 Å². The first-order valence-electron chi connectivity index (χ1n) is 9.59. The maximum absolute atomic E-state index is 6.73. The molecule has 3 rings (SSSR count). The minimum absolute atomic E-state index is 0.203. The molecule has 0 aliphatic carbocycles. The fourth-order valence-electron chi connectivity index (χ4n) is 3.49. The smallest absolute Gasteiger partial charge is 0.137 e.